The van der Waals surface area contributed by atoms with Crippen LogP contribution in [-0.2, 0) is 4.79 Å². The molecule has 0 amide bonds. The van der Waals surface area contributed by atoms with Gasteiger partial charge in [0.25, 0.3) is 0 Å². The molecule has 5 nitrogen and oxygen atoms in total. The zero-order valence-corrected chi connectivity index (χ0v) is 8.77. The number of alkyl halides is 3. The van der Waals surface area contributed by atoms with E-state index in [1.165, 1.54) is 12.4 Å². The summed E-state index contributed by atoms with van der Waals surface area (Å²) in [6.07, 6.45) is -2.27. The van der Waals surface area contributed by atoms with Crippen molar-refractivity contribution in [3.05, 3.63) is 29.7 Å². The summed E-state index contributed by atoms with van der Waals surface area (Å²) >= 11 is 0. The third kappa shape index (κ3) is 6.98. The fraction of sp³-hybridized carbons (Fsp3) is 0.333. The fourth-order valence-corrected chi connectivity index (χ4v) is 0.662. The van der Waals surface area contributed by atoms with E-state index < -0.39 is 12.1 Å². The summed E-state index contributed by atoms with van der Waals surface area (Å²) in [5.41, 5.74) is 0. The van der Waals surface area contributed by atoms with Gasteiger partial charge in [0.1, 0.15) is 5.75 Å². The van der Waals surface area contributed by atoms with Gasteiger partial charge < -0.3 is 15.1 Å². The van der Waals surface area contributed by atoms with Crippen molar-refractivity contribution in [2.24, 2.45) is 0 Å². The second kappa shape index (κ2) is 6.56. The van der Waals surface area contributed by atoms with Gasteiger partial charge in [-0.25, -0.2) is 4.79 Å². The highest BCUT2D eigenvalue weighted by molar-refractivity contribution is 5.73. The van der Waals surface area contributed by atoms with Gasteiger partial charge in [0.15, 0.2) is 12.4 Å². The molecule has 1 rings (SSSR count). The molecule has 0 radical (unpaired) electrons. The molecular weight excluding hydrogens is 243 g/mol. The van der Waals surface area contributed by atoms with Crippen LogP contribution >= 0.6 is 0 Å². The molecule has 0 aromatic carbocycles. The molecule has 0 saturated heterocycles. The van der Waals surface area contributed by atoms with E-state index in [1.54, 1.807) is 12.1 Å². The predicted molar refractivity (Wildman–Crippen MR) is 50.3 cm³/mol. The minimum Gasteiger partial charge on any atom is -0.619 e. The molecule has 0 aliphatic carbocycles. The van der Waals surface area contributed by atoms with Gasteiger partial charge in [0.2, 0.25) is 0 Å². The van der Waals surface area contributed by atoms with Crippen molar-refractivity contribution in [3.63, 3.8) is 0 Å². The molecule has 0 unspecified atom stereocenters. The Morgan fingerprint density at radius 2 is 1.88 bits per heavy atom. The summed E-state index contributed by atoms with van der Waals surface area (Å²) in [6, 6.07) is 3.27. The number of carboxylic acids is 1. The first-order chi connectivity index (χ1) is 7.77. The summed E-state index contributed by atoms with van der Waals surface area (Å²) in [5, 5.41) is 17.6. The first-order valence-electron chi connectivity index (χ1n) is 4.39. The predicted octanol–water partition coefficient (Wildman–Crippen LogP) is 1.35. The molecule has 0 spiro atoms. The van der Waals surface area contributed by atoms with E-state index in [1.807, 2.05) is 6.92 Å². The molecule has 1 heterocycles. The Kier molecular flexibility index (Phi) is 5.79. The lowest BCUT2D eigenvalue weighted by atomic mass is 10.4. The van der Waals surface area contributed by atoms with E-state index in [9.17, 15) is 18.4 Å². The van der Waals surface area contributed by atoms with Crippen molar-refractivity contribution in [1.29, 1.82) is 0 Å². The number of pyridine rings is 1. The highest BCUT2D eigenvalue weighted by Gasteiger charge is 2.38. The molecular formula is C9H10F3NO4. The molecule has 8 heteroatoms. The number of carboxylic acid groups (broad SMARTS) is 1. The number of nitrogens with zero attached hydrogens (tertiary/aromatic N) is 1. The van der Waals surface area contributed by atoms with Crippen molar-refractivity contribution in [2.45, 2.75) is 13.1 Å². The lowest BCUT2D eigenvalue weighted by molar-refractivity contribution is -0.605. The van der Waals surface area contributed by atoms with Gasteiger partial charge >= 0.3 is 12.1 Å². The van der Waals surface area contributed by atoms with Crippen LogP contribution in [0.5, 0.6) is 5.75 Å². The Balaban J connectivity index is 0.000000325. The van der Waals surface area contributed by atoms with Crippen molar-refractivity contribution >= 4 is 5.97 Å². The first-order valence-corrected chi connectivity index (χ1v) is 4.39. The van der Waals surface area contributed by atoms with Crippen LogP contribution in [0.1, 0.15) is 6.92 Å². The van der Waals surface area contributed by atoms with E-state index >= 15 is 0 Å². The van der Waals surface area contributed by atoms with Crippen molar-refractivity contribution in [3.8, 4) is 5.75 Å². The van der Waals surface area contributed by atoms with Crippen LogP contribution in [0.4, 0.5) is 13.2 Å². The van der Waals surface area contributed by atoms with E-state index in [-0.39, 0.29) is 0 Å². The third-order valence-electron chi connectivity index (χ3n) is 1.32. The number of carbonyl (C=O) groups is 1. The zero-order valence-electron chi connectivity index (χ0n) is 8.77. The lowest BCUT2D eigenvalue weighted by Crippen LogP contribution is -2.23. The largest absolute Gasteiger partial charge is 0.619 e. The summed E-state index contributed by atoms with van der Waals surface area (Å²) in [4.78, 5) is 8.90. The molecule has 17 heavy (non-hydrogen) atoms. The van der Waals surface area contributed by atoms with Gasteiger partial charge in [-0.15, -0.1) is 0 Å². The maximum atomic E-state index is 10.6. The van der Waals surface area contributed by atoms with Gasteiger partial charge in [0, 0.05) is 12.1 Å². The van der Waals surface area contributed by atoms with Gasteiger partial charge in [0.05, 0.1) is 6.61 Å². The Morgan fingerprint density at radius 3 is 2.18 bits per heavy atom. The van der Waals surface area contributed by atoms with E-state index in [4.69, 9.17) is 14.6 Å². The Morgan fingerprint density at radius 1 is 1.47 bits per heavy atom. The molecule has 0 bridgehead atoms. The summed E-state index contributed by atoms with van der Waals surface area (Å²) in [6.45, 7) is 2.53. The van der Waals surface area contributed by atoms with Crippen LogP contribution in [-0.4, -0.2) is 23.9 Å². The highest BCUT2D eigenvalue weighted by atomic mass is 19.4. The quantitative estimate of drug-likeness (QED) is 0.637. The maximum Gasteiger partial charge on any atom is 0.490 e. The molecule has 0 saturated carbocycles. The van der Waals surface area contributed by atoms with Crippen molar-refractivity contribution < 1.29 is 32.5 Å². The molecule has 96 valence electrons. The van der Waals surface area contributed by atoms with Gasteiger partial charge in [-0.3, -0.25) is 0 Å². The Labute approximate surface area is 94.6 Å². The van der Waals surface area contributed by atoms with Crippen molar-refractivity contribution in [2.75, 3.05) is 6.61 Å². The number of hydrogen-bond donors (Lipinski definition) is 1. The molecule has 0 aliphatic rings. The number of aliphatic carboxylic acids is 1. The SMILES string of the molecule is CCOc1cc[n+]([O-])cc1.O=C(O)C(F)(F)F. The monoisotopic (exact) mass is 253 g/mol. The zero-order chi connectivity index (χ0) is 13.5. The number of aromatic nitrogens is 1. The van der Waals surface area contributed by atoms with Crippen LogP contribution in [0.25, 0.3) is 0 Å². The van der Waals surface area contributed by atoms with Gasteiger partial charge in [-0.2, -0.15) is 17.9 Å². The molecule has 1 aromatic rings. The summed E-state index contributed by atoms with van der Waals surface area (Å²) < 4.78 is 37.6. The van der Waals surface area contributed by atoms with E-state index in [0.717, 1.165) is 10.5 Å². The average molecular weight is 253 g/mol. The Bertz CT molecular complexity index is 350. The molecule has 1 aromatic heterocycles. The minimum absolute atomic E-state index is 0.628. The highest BCUT2D eigenvalue weighted by Crippen LogP contribution is 2.13. The van der Waals surface area contributed by atoms with Gasteiger partial charge in [-0.1, -0.05) is 0 Å². The van der Waals surface area contributed by atoms with Crippen LogP contribution < -0.4 is 9.47 Å². The topological polar surface area (TPSA) is 73.5 Å². The average Bonchev–Trinajstić information content (AvgIpc) is 2.21. The number of hydrogen-bond acceptors (Lipinski definition) is 3. The van der Waals surface area contributed by atoms with E-state index in [2.05, 4.69) is 0 Å². The summed E-state index contributed by atoms with van der Waals surface area (Å²) in [7, 11) is 0. The van der Waals surface area contributed by atoms with Crippen LogP contribution in [0.15, 0.2) is 24.5 Å². The number of rotatable bonds is 2. The van der Waals surface area contributed by atoms with Crippen LogP contribution in [0.2, 0.25) is 0 Å². The summed E-state index contributed by atoms with van der Waals surface area (Å²) in [5.74, 6) is -2.03. The third-order valence-corrected chi connectivity index (χ3v) is 1.32. The van der Waals surface area contributed by atoms with Crippen LogP contribution in [0.3, 0.4) is 0 Å². The lowest BCUT2D eigenvalue weighted by Gasteiger charge is -2.00. The first kappa shape index (κ1) is 15.0. The number of ether oxygens (including phenoxy) is 1. The normalized spacial score (nSPS) is 10.1. The second-order valence-corrected chi connectivity index (χ2v) is 2.63. The van der Waals surface area contributed by atoms with Crippen LogP contribution in [0, 0.1) is 5.21 Å². The fourth-order valence-electron chi connectivity index (χ4n) is 0.662. The van der Waals surface area contributed by atoms with E-state index in [0.29, 0.717) is 6.61 Å². The molecule has 0 fully saturated rings. The molecule has 0 atom stereocenters. The van der Waals surface area contributed by atoms with Gasteiger partial charge in [-0.05, 0) is 6.92 Å². The smallest absolute Gasteiger partial charge is 0.490 e. The standard InChI is InChI=1S/C7H9NO2.C2HF3O2/c1-2-10-7-3-5-8(9)6-4-7;3-2(4,5)1(6)7/h3-6H,2H2,1H3;(H,6,7). The Hall–Kier alpha value is -1.99. The van der Waals surface area contributed by atoms with Crippen molar-refractivity contribution in [1.82, 2.24) is 0 Å². The molecule has 1 N–H and O–H groups in total. The molecule has 0 aliphatic heterocycles. The number of halogens is 3. The maximum absolute atomic E-state index is 10.6. The second-order valence-electron chi connectivity index (χ2n) is 2.63. The minimum atomic E-state index is -5.08.